The predicted molar refractivity (Wildman–Crippen MR) is 77.3 cm³/mol. The third kappa shape index (κ3) is 3.34. The summed E-state index contributed by atoms with van der Waals surface area (Å²) in [7, 11) is 0. The Morgan fingerprint density at radius 2 is 1.76 bits per heavy atom. The van der Waals surface area contributed by atoms with Crippen LogP contribution in [0, 0.1) is 0 Å². The number of hydrogen-bond donors (Lipinski definition) is 1. The molecule has 0 heterocycles. The van der Waals surface area contributed by atoms with E-state index in [-0.39, 0.29) is 0 Å². The molecule has 0 fully saturated rings. The number of nitrogens with one attached hydrogen (secondary N) is 1. The second kappa shape index (κ2) is 5.87. The Morgan fingerprint density at radius 1 is 1.00 bits per heavy atom. The first-order valence-corrected chi connectivity index (χ1v) is 6.65. The molecule has 0 bridgehead atoms. The van der Waals surface area contributed by atoms with Crippen LogP contribution >= 0.6 is 15.9 Å². The highest BCUT2D eigenvalue weighted by Crippen LogP contribution is 2.17. The van der Waals surface area contributed by atoms with Gasteiger partial charge in [-0.25, -0.2) is 0 Å². The van der Waals surface area contributed by atoms with E-state index in [0.717, 1.165) is 23.1 Å². The Labute approximate surface area is 111 Å². The summed E-state index contributed by atoms with van der Waals surface area (Å²) in [6, 6.07) is 16.8. The molecule has 1 nitrogen and oxygen atoms in total. The van der Waals surface area contributed by atoms with Gasteiger partial charge in [-0.05, 0) is 35.7 Å². The van der Waals surface area contributed by atoms with Gasteiger partial charge in [0.1, 0.15) is 0 Å². The van der Waals surface area contributed by atoms with E-state index in [1.54, 1.807) is 0 Å². The van der Waals surface area contributed by atoms with Crippen LogP contribution in [0.3, 0.4) is 0 Å². The SMILES string of the molecule is CCc1ccccc1CNc1cccc(Br)c1. The average Bonchev–Trinajstić information content (AvgIpc) is 2.37. The highest BCUT2D eigenvalue weighted by atomic mass is 79.9. The zero-order chi connectivity index (χ0) is 12.1. The summed E-state index contributed by atoms with van der Waals surface area (Å²) in [6.45, 7) is 3.07. The van der Waals surface area contributed by atoms with Crippen molar-refractivity contribution in [1.82, 2.24) is 0 Å². The first-order valence-electron chi connectivity index (χ1n) is 5.86. The van der Waals surface area contributed by atoms with Crippen molar-refractivity contribution in [2.24, 2.45) is 0 Å². The Morgan fingerprint density at radius 3 is 2.47 bits per heavy atom. The van der Waals surface area contributed by atoms with Crippen molar-refractivity contribution in [2.45, 2.75) is 19.9 Å². The van der Waals surface area contributed by atoms with Gasteiger partial charge >= 0.3 is 0 Å². The van der Waals surface area contributed by atoms with Crippen LogP contribution in [0.2, 0.25) is 0 Å². The van der Waals surface area contributed by atoms with Crippen molar-refractivity contribution in [2.75, 3.05) is 5.32 Å². The lowest BCUT2D eigenvalue weighted by atomic mass is 10.1. The van der Waals surface area contributed by atoms with E-state index in [1.165, 1.54) is 11.1 Å². The van der Waals surface area contributed by atoms with Crippen LogP contribution in [-0.2, 0) is 13.0 Å². The zero-order valence-corrected chi connectivity index (χ0v) is 11.5. The number of benzene rings is 2. The van der Waals surface area contributed by atoms with E-state index < -0.39 is 0 Å². The number of anilines is 1. The first kappa shape index (κ1) is 12.2. The van der Waals surface area contributed by atoms with Gasteiger partial charge in [-0.3, -0.25) is 0 Å². The summed E-state index contributed by atoms with van der Waals surface area (Å²) in [5.41, 5.74) is 3.93. The lowest BCUT2D eigenvalue weighted by Crippen LogP contribution is -2.02. The van der Waals surface area contributed by atoms with E-state index in [2.05, 4.69) is 64.6 Å². The summed E-state index contributed by atoms with van der Waals surface area (Å²) in [4.78, 5) is 0. The minimum Gasteiger partial charge on any atom is -0.381 e. The van der Waals surface area contributed by atoms with Gasteiger partial charge in [0, 0.05) is 16.7 Å². The number of hydrogen-bond acceptors (Lipinski definition) is 1. The molecule has 2 heteroatoms. The zero-order valence-electron chi connectivity index (χ0n) is 9.91. The van der Waals surface area contributed by atoms with Crippen LogP contribution in [0.1, 0.15) is 18.1 Å². The standard InChI is InChI=1S/C15H16BrN/c1-2-12-6-3-4-7-13(12)11-17-15-9-5-8-14(16)10-15/h3-10,17H,2,11H2,1H3. The van der Waals surface area contributed by atoms with Crippen molar-refractivity contribution in [3.63, 3.8) is 0 Å². The topological polar surface area (TPSA) is 12.0 Å². The average molecular weight is 290 g/mol. The normalized spacial score (nSPS) is 10.2. The molecule has 88 valence electrons. The number of aryl methyl sites for hydroxylation is 1. The number of halogens is 1. The third-order valence-electron chi connectivity index (χ3n) is 2.81. The van der Waals surface area contributed by atoms with Crippen LogP contribution in [0.15, 0.2) is 53.0 Å². The fourth-order valence-corrected chi connectivity index (χ4v) is 2.27. The summed E-state index contributed by atoms with van der Waals surface area (Å²) >= 11 is 3.48. The Balaban J connectivity index is 2.07. The van der Waals surface area contributed by atoms with Gasteiger partial charge in [0.05, 0.1) is 0 Å². The van der Waals surface area contributed by atoms with E-state index in [9.17, 15) is 0 Å². The largest absolute Gasteiger partial charge is 0.381 e. The molecule has 2 rings (SSSR count). The molecule has 0 aliphatic heterocycles. The molecular formula is C15H16BrN. The molecule has 0 aliphatic carbocycles. The molecule has 2 aromatic rings. The number of rotatable bonds is 4. The van der Waals surface area contributed by atoms with Crippen molar-refractivity contribution in [3.8, 4) is 0 Å². The molecule has 0 atom stereocenters. The molecular weight excluding hydrogens is 274 g/mol. The smallest absolute Gasteiger partial charge is 0.0403 e. The Bertz CT molecular complexity index is 494. The highest BCUT2D eigenvalue weighted by Gasteiger charge is 1.99. The summed E-state index contributed by atoms with van der Waals surface area (Å²) in [6.07, 6.45) is 1.08. The van der Waals surface area contributed by atoms with Crippen LogP contribution in [0.25, 0.3) is 0 Å². The highest BCUT2D eigenvalue weighted by molar-refractivity contribution is 9.10. The predicted octanol–water partition coefficient (Wildman–Crippen LogP) is 4.62. The fourth-order valence-electron chi connectivity index (χ4n) is 1.87. The molecule has 0 aromatic heterocycles. The van der Waals surface area contributed by atoms with E-state index in [4.69, 9.17) is 0 Å². The summed E-state index contributed by atoms with van der Waals surface area (Å²) in [5, 5.41) is 3.45. The Hall–Kier alpha value is -1.28. The van der Waals surface area contributed by atoms with Gasteiger partial charge in [-0.1, -0.05) is 53.2 Å². The van der Waals surface area contributed by atoms with Crippen molar-refractivity contribution < 1.29 is 0 Å². The maximum Gasteiger partial charge on any atom is 0.0403 e. The maximum absolute atomic E-state index is 3.48. The monoisotopic (exact) mass is 289 g/mol. The molecule has 17 heavy (non-hydrogen) atoms. The lowest BCUT2D eigenvalue weighted by molar-refractivity contribution is 1.04. The van der Waals surface area contributed by atoms with E-state index >= 15 is 0 Å². The molecule has 2 aromatic carbocycles. The molecule has 0 radical (unpaired) electrons. The minimum atomic E-state index is 0.875. The van der Waals surface area contributed by atoms with Gasteiger partial charge < -0.3 is 5.32 Å². The van der Waals surface area contributed by atoms with Gasteiger partial charge in [-0.15, -0.1) is 0 Å². The van der Waals surface area contributed by atoms with Gasteiger partial charge in [0.25, 0.3) is 0 Å². The maximum atomic E-state index is 3.48. The van der Waals surface area contributed by atoms with Gasteiger partial charge in [-0.2, -0.15) is 0 Å². The Kier molecular flexibility index (Phi) is 4.21. The van der Waals surface area contributed by atoms with Crippen LogP contribution < -0.4 is 5.32 Å². The molecule has 0 saturated heterocycles. The van der Waals surface area contributed by atoms with Gasteiger partial charge in [0.2, 0.25) is 0 Å². The van der Waals surface area contributed by atoms with Crippen LogP contribution in [-0.4, -0.2) is 0 Å². The second-order valence-electron chi connectivity index (χ2n) is 3.99. The van der Waals surface area contributed by atoms with Crippen LogP contribution in [0.5, 0.6) is 0 Å². The minimum absolute atomic E-state index is 0.875. The van der Waals surface area contributed by atoms with Crippen molar-refractivity contribution >= 4 is 21.6 Å². The molecule has 0 saturated carbocycles. The van der Waals surface area contributed by atoms with E-state index in [0.29, 0.717) is 0 Å². The fraction of sp³-hybridized carbons (Fsp3) is 0.200. The summed E-state index contributed by atoms with van der Waals surface area (Å²) < 4.78 is 1.10. The van der Waals surface area contributed by atoms with Crippen molar-refractivity contribution in [3.05, 3.63) is 64.1 Å². The second-order valence-corrected chi connectivity index (χ2v) is 4.90. The van der Waals surface area contributed by atoms with Gasteiger partial charge in [0.15, 0.2) is 0 Å². The molecule has 0 spiro atoms. The molecule has 0 aliphatic rings. The molecule has 0 unspecified atom stereocenters. The first-order chi connectivity index (χ1) is 8.29. The van der Waals surface area contributed by atoms with E-state index in [1.807, 2.05) is 12.1 Å². The molecule has 1 N–H and O–H groups in total. The summed E-state index contributed by atoms with van der Waals surface area (Å²) in [5.74, 6) is 0. The third-order valence-corrected chi connectivity index (χ3v) is 3.30. The van der Waals surface area contributed by atoms with Crippen molar-refractivity contribution in [1.29, 1.82) is 0 Å². The lowest BCUT2D eigenvalue weighted by Gasteiger charge is -2.10. The van der Waals surface area contributed by atoms with Crippen LogP contribution in [0.4, 0.5) is 5.69 Å². The quantitative estimate of drug-likeness (QED) is 0.866. The molecule has 0 amide bonds.